The highest BCUT2D eigenvalue weighted by molar-refractivity contribution is 7.86. The van der Waals surface area contributed by atoms with Crippen molar-refractivity contribution in [2.75, 3.05) is 0 Å². The van der Waals surface area contributed by atoms with Crippen molar-refractivity contribution in [1.82, 2.24) is 5.06 Å². The maximum Gasteiger partial charge on any atom is 0.318 e. The Morgan fingerprint density at radius 2 is 1.39 bits per heavy atom. The highest BCUT2D eigenvalue weighted by atomic mass is 32.2. The van der Waals surface area contributed by atoms with Crippen LogP contribution in [0.2, 0.25) is 0 Å². The lowest BCUT2D eigenvalue weighted by atomic mass is 9.89. The summed E-state index contributed by atoms with van der Waals surface area (Å²) in [5.74, 6) is -1.60. The first kappa shape index (κ1) is 28.0. The molecule has 7 heteroatoms. The van der Waals surface area contributed by atoms with E-state index in [2.05, 4.69) is 20.8 Å². The first-order chi connectivity index (χ1) is 17.9. The normalized spacial score (nSPS) is 14.0. The van der Waals surface area contributed by atoms with Gasteiger partial charge in [-0.3, -0.25) is 9.59 Å². The van der Waals surface area contributed by atoms with Crippen LogP contribution in [0.5, 0.6) is 0 Å². The summed E-state index contributed by atoms with van der Waals surface area (Å²) in [6.45, 7) is 13.9. The Balaban J connectivity index is 1.83. The second-order valence-electron chi connectivity index (χ2n) is 11.0. The van der Waals surface area contributed by atoms with Crippen molar-refractivity contribution in [2.45, 2.75) is 90.4 Å². The largest absolute Gasteiger partial charge is 0.318 e. The van der Waals surface area contributed by atoms with E-state index in [9.17, 15) is 18.0 Å². The monoisotopic (exact) mass is 535 g/mol. The third kappa shape index (κ3) is 4.90. The van der Waals surface area contributed by atoms with E-state index in [4.69, 9.17) is 4.28 Å². The van der Waals surface area contributed by atoms with Gasteiger partial charge in [0.2, 0.25) is 0 Å². The van der Waals surface area contributed by atoms with Crippen LogP contribution >= 0.6 is 0 Å². The van der Waals surface area contributed by atoms with Crippen molar-refractivity contribution < 1.29 is 22.3 Å². The van der Waals surface area contributed by atoms with Gasteiger partial charge in [-0.15, -0.1) is 9.35 Å². The topological polar surface area (TPSA) is 80.8 Å². The van der Waals surface area contributed by atoms with Crippen LogP contribution in [0, 0.1) is 0 Å². The molecule has 0 saturated carbocycles. The summed E-state index contributed by atoms with van der Waals surface area (Å²) in [6.07, 6.45) is 2.84. The maximum absolute atomic E-state index is 13.9. The molecule has 0 unspecified atom stereocenters. The number of hydrogen-bond acceptors (Lipinski definition) is 5. The zero-order valence-corrected chi connectivity index (χ0v) is 24.1. The molecule has 0 aromatic heterocycles. The van der Waals surface area contributed by atoms with Crippen molar-refractivity contribution >= 4 is 32.7 Å². The molecule has 1 aliphatic heterocycles. The summed E-state index contributed by atoms with van der Waals surface area (Å²) in [5.41, 5.74) is 3.83. The quantitative estimate of drug-likeness (QED) is 0.266. The summed E-state index contributed by atoms with van der Waals surface area (Å²) < 4.78 is 33.2. The van der Waals surface area contributed by atoms with Crippen molar-refractivity contribution in [3.63, 3.8) is 0 Å². The number of unbranched alkanes of at least 4 members (excludes halogenated alkanes) is 1. The molecule has 2 amide bonds. The van der Waals surface area contributed by atoms with Crippen LogP contribution in [0.3, 0.4) is 0 Å². The number of rotatable bonds is 9. The van der Waals surface area contributed by atoms with Crippen molar-refractivity contribution in [3.8, 4) is 0 Å². The predicted octanol–water partition coefficient (Wildman–Crippen LogP) is 7.47. The number of carbonyl (C=O) groups excluding carboxylic acids is 2. The fraction of sp³-hybridized carbons (Fsp3) is 0.419. The lowest BCUT2D eigenvalue weighted by molar-refractivity contribution is -0.0156. The molecule has 0 fully saturated rings. The van der Waals surface area contributed by atoms with Gasteiger partial charge in [0.15, 0.2) is 0 Å². The highest BCUT2D eigenvalue weighted by Crippen LogP contribution is 2.38. The maximum atomic E-state index is 13.9. The fourth-order valence-corrected chi connectivity index (χ4v) is 6.67. The van der Waals surface area contributed by atoms with Crippen LogP contribution in [-0.4, -0.2) is 25.3 Å². The van der Waals surface area contributed by atoms with E-state index in [-0.39, 0.29) is 33.8 Å². The van der Waals surface area contributed by atoms with Gasteiger partial charge in [0.05, 0.1) is 11.1 Å². The Morgan fingerprint density at radius 3 is 1.92 bits per heavy atom. The first-order valence-electron chi connectivity index (χ1n) is 13.4. The van der Waals surface area contributed by atoms with Crippen molar-refractivity contribution in [2.24, 2.45) is 0 Å². The van der Waals surface area contributed by atoms with Crippen LogP contribution in [0.4, 0.5) is 0 Å². The van der Waals surface area contributed by atoms with Crippen molar-refractivity contribution in [1.29, 1.82) is 0 Å². The Labute approximate surface area is 226 Å². The van der Waals surface area contributed by atoms with Gasteiger partial charge >= 0.3 is 10.1 Å². The van der Waals surface area contributed by atoms with Crippen LogP contribution < -0.4 is 0 Å². The third-order valence-electron chi connectivity index (χ3n) is 7.26. The minimum Gasteiger partial charge on any atom is -0.266 e. The SMILES string of the molecule is CCCCc1ccc2c3c(cccc13)C(=O)N(OS(=O)(=O)c1c(C(C)C)cc(C(C)C)cc1C(C)C)C2=O. The number of amides is 2. The predicted molar refractivity (Wildman–Crippen MR) is 150 cm³/mol. The zero-order chi connectivity index (χ0) is 27.9. The molecule has 0 aliphatic carbocycles. The molecule has 0 spiro atoms. The molecule has 3 aromatic carbocycles. The summed E-state index contributed by atoms with van der Waals surface area (Å²) in [4.78, 5) is 27.1. The molecule has 202 valence electrons. The molecular formula is C31H37NO5S. The van der Waals surface area contributed by atoms with Gasteiger partial charge in [0.1, 0.15) is 4.90 Å². The van der Waals surface area contributed by atoms with E-state index >= 15 is 0 Å². The molecular weight excluding hydrogens is 498 g/mol. The number of carbonyl (C=O) groups is 2. The van der Waals surface area contributed by atoms with E-state index < -0.39 is 21.9 Å². The molecule has 1 heterocycles. The second kappa shape index (κ2) is 10.6. The Kier molecular flexibility index (Phi) is 7.82. The molecule has 0 N–H and O–H groups in total. The minimum atomic E-state index is -4.53. The summed E-state index contributed by atoms with van der Waals surface area (Å²) in [5, 5.41) is 1.81. The van der Waals surface area contributed by atoms with Gasteiger partial charge in [-0.2, -0.15) is 8.42 Å². The van der Waals surface area contributed by atoms with Crippen LogP contribution in [0.1, 0.15) is 122 Å². The number of imide groups is 1. The van der Waals surface area contributed by atoms with Gasteiger partial charge in [-0.05, 0) is 70.4 Å². The fourth-order valence-electron chi connectivity index (χ4n) is 5.10. The van der Waals surface area contributed by atoms with E-state index in [1.165, 1.54) is 0 Å². The molecule has 0 radical (unpaired) electrons. The second-order valence-corrected chi connectivity index (χ2v) is 12.5. The minimum absolute atomic E-state index is 0.0337. The Bertz CT molecular complexity index is 1470. The number of hydroxylamine groups is 2. The Hall–Kier alpha value is -3.03. The van der Waals surface area contributed by atoms with Gasteiger partial charge < -0.3 is 0 Å². The summed E-state index contributed by atoms with van der Waals surface area (Å²) in [6, 6.07) is 12.6. The first-order valence-corrected chi connectivity index (χ1v) is 14.9. The van der Waals surface area contributed by atoms with Gasteiger partial charge in [0, 0.05) is 5.39 Å². The van der Waals surface area contributed by atoms with E-state index in [0.717, 1.165) is 35.8 Å². The van der Waals surface area contributed by atoms with Crippen LogP contribution in [-0.2, 0) is 20.8 Å². The van der Waals surface area contributed by atoms with Crippen LogP contribution in [0.15, 0.2) is 47.4 Å². The molecule has 0 saturated heterocycles. The molecule has 4 rings (SSSR count). The molecule has 38 heavy (non-hydrogen) atoms. The number of benzene rings is 3. The highest BCUT2D eigenvalue weighted by Gasteiger charge is 2.39. The molecule has 3 aromatic rings. The van der Waals surface area contributed by atoms with Gasteiger partial charge in [-0.1, -0.05) is 85.2 Å². The lowest BCUT2D eigenvalue weighted by Gasteiger charge is -2.28. The molecule has 1 aliphatic rings. The summed E-state index contributed by atoms with van der Waals surface area (Å²) in [7, 11) is -4.53. The molecule has 0 atom stereocenters. The zero-order valence-electron chi connectivity index (χ0n) is 23.3. The lowest BCUT2D eigenvalue weighted by Crippen LogP contribution is -2.42. The van der Waals surface area contributed by atoms with E-state index in [1.54, 1.807) is 18.2 Å². The standard InChI is InChI=1S/C31H37NO5S/c1-8-9-11-21-14-15-25-28-23(21)12-10-13-24(28)30(33)32(31(25)34)37-38(35,36)29-26(19(4)5)16-22(18(2)3)17-27(29)20(6)7/h10,12-20H,8-9,11H2,1-7H3. The van der Waals surface area contributed by atoms with E-state index in [1.807, 2.05) is 52.0 Å². The third-order valence-corrected chi connectivity index (χ3v) is 8.58. The Morgan fingerprint density at radius 1 is 0.816 bits per heavy atom. The molecule has 6 nitrogen and oxygen atoms in total. The van der Waals surface area contributed by atoms with Gasteiger partial charge in [0.25, 0.3) is 11.8 Å². The molecule has 0 bridgehead atoms. The van der Waals surface area contributed by atoms with Crippen LogP contribution in [0.25, 0.3) is 10.8 Å². The smallest absolute Gasteiger partial charge is 0.266 e. The average Bonchev–Trinajstić information content (AvgIpc) is 2.87. The number of nitrogens with zero attached hydrogens (tertiary/aromatic N) is 1. The number of hydrogen-bond donors (Lipinski definition) is 0. The average molecular weight is 536 g/mol. The van der Waals surface area contributed by atoms with E-state index in [0.29, 0.717) is 21.6 Å². The van der Waals surface area contributed by atoms with Crippen molar-refractivity contribution in [3.05, 3.63) is 75.8 Å². The van der Waals surface area contributed by atoms with Gasteiger partial charge in [-0.25, -0.2) is 0 Å². The number of aryl methyl sites for hydroxylation is 1. The summed E-state index contributed by atoms with van der Waals surface area (Å²) >= 11 is 0.